The van der Waals surface area contributed by atoms with Gasteiger partial charge >= 0.3 is 0 Å². The molecule has 0 spiro atoms. The van der Waals surface area contributed by atoms with E-state index in [-0.39, 0.29) is 35.7 Å². The molecular formula is C24H38O5. The highest BCUT2D eigenvalue weighted by Gasteiger charge is 2.42. The predicted octanol–water partition coefficient (Wildman–Crippen LogP) is 4.47. The lowest BCUT2D eigenvalue weighted by Crippen LogP contribution is -2.40. The maximum absolute atomic E-state index is 12.5. The molecule has 1 aliphatic rings. The summed E-state index contributed by atoms with van der Waals surface area (Å²) in [5.41, 5.74) is 3.61. The lowest BCUT2D eigenvalue weighted by molar-refractivity contribution is -0.128. The molecule has 0 aromatic rings. The Kier molecular flexibility index (Phi) is 11.0. The number of allylic oxidation sites excluding steroid dienone is 6. The molecule has 0 bridgehead atoms. The van der Waals surface area contributed by atoms with Gasteiger partial charge in [0.05, 0.1) is 20.8 Å². The first-order valence-corrected chi connectivity index (χ1v) is 10.4. The predicted molar refractivity (Wildman–Crippen MR) is 116 cm³/mol. The third-order valence-electron chi connectivity index (χ3n) is 5.65. The molecule has 0 saturated heterocycles. The van der Waals surface area contributed by atoms with Crippen LogP contribution in [0.1, 0.15) is 59.8 Å². The fraction of sp³-hybridized carbons (Fsp3) is 0.625. The first-order valence-electron chi connectivity index (χ1n) is 10.4. The molecule has 0 amide bonds. The molecule has 5 heteroatoms. The maximum atomic E-state index is 12.5. The summed E-state index contributed by atoms with van der Waals surface area (Å²) in [6, 6.07) is 0. The summed E-state index contributed by atoms with van der Waals surface area (Å²) >= 11 is 0. The van der Waals surface area contributed by atoms with Gasteiger partial charge in [-0.15, -0.1) is 0 Å². The van der Waals surface area contributed by atoms with Gasteiger partial charge in [-0.3, -0.25) is 4.79 Å². The molecule has 1 rings (SSSR count). The topological polar surface area (TPSA) is 76.0 Å². The van der Waals surface area contributed by atoms with Gasteiger partial charge in [0, 0.05) is 11.8 Å². The molecule has 3 atom stereocenters. The summed E-state index contributed by atoms with van der Waals surface area (Å²) < 4.78 is 10.4. The molecule has 2 N–H and O–H groups in total. The van der Waals surface area contributed by atoms with E-state index in [4.69, 9.17) is 14.6 Å². The highest BCUT2D eigenvalue weighted by molar-refractivity contribution is 5.97. The van der Waals surface area contributed by atoms with Gasteiger partial charge in [0.2, 0.25) is 11.5 Å². The van der Waals surface area contributed by atoms with Crippen LogP contribution in [0, 0.1) is 11.8 Å². The third-order valence-corrected chi connectivity index (χ3v) is 5.65. The second-order valence-corrected chi connectivity index (χ2v) is 7.99. The minimum Gasteiger partial charge on any atom is -0.494 e. The normalized spacial score (nSPS) is 24.2. The highest BCUT2D eigenvalue weighted by atomic mass is 16.5. The van der Waals surface area contributed by atoms with E-state index in [1.807, 2.05) is 13.8 Å². The molecule has 0 fully saturated rings. The molecule has 0 heterocycles. The average Bonchev–Trinajstić information content (AvgIpc) is 2.70. The van der Waals surface area contributed by atoms with Crippen molar-refractivity contribution in [3.8, 4) is 0 Å². The summed E-state index contributed by atoms with van der Waals surface area (Å²) in [6.07, 6.45) is 10.1. The summed E-state index contributed by atoms with van der Waals surface area (Å²) in [4.78, 5) is 12.5. The van der Waals surface area contributed by atoms with E-state index in [0.717, 1.165) is 31.3 Å². The minimum atomic E-state index is -0.843. The lowest BCUT2D eigenvalue weighted by Gasteiger charge is -2.33. The number of ether oxygens (including phenoxy) is 2. The van der Waals surface area contributed by atoms with E-state index in [1.165, 1.54) is 25.4 Å². The van der Waals surface area contributed by atoms with Gasteiger partial charge in [0.15, 0.2) is 5.76 Å². The van der Waals surface area contributed by atoms with E-state index >= 15 is 0 Å². The summed E-state index contributed by atoms with van der Waals surface area (Å²) in [7, 11) is 2.88. The molecule has 0 aromatic carbocycles. The SMILES string of the molecule is COC1=C(OC)[C@H](O)[C@H](CC=C(C)CCC=C(C)CCC=C(C)CO)[C@@H](C)C1=O. The fourth-order valence-corrected chi connectivity index (χ4v) is 3.57. The van der Waals surface area contributed by atoms with Crippen molar-refractivity contribution in [3.63, 3.8) is 0 Å². The fourth-order valence-electron chi connectivity index (χ4n) is 3.57. The zero-order valence-corrected chi connectivity index (χ0v) is 18.8. The molecule has 0 unspecified atom stereocenters. The number of ketones is 1. The Bertz CT molecular complexity index is 669. The largest absolute Gasteiger partial charge is 0.494 e. The van der Waals surface area contributed by atoms with E-state index in [9.17, 15) is 9.90 Å². The van der Waals surface area contributed by atoms with Gasteiger partial charge < -0.3 is 19.7 Å². The number of aliphatic hydroxyl groups is 2. The van der Waals surface area contributed by atoms with Crippen molar-refractivity contribution in [2.24, 2.45) is 11.8 Å². The molecule has 0 saturated carbocycles. The second-order valence-electron chi connectivity index (χ2n) is 7.99. The lowest BCUT2D eigenvalue weighted by atomic mass is 9.77. The van der Waals surface area contributed by atoms with Crippen molar-refractivity contribution in [1.29, 1.82) is 0 Å². The Hall–Kier alpha value is -1.85. The van der Waals surface area contributed by atoms with Crippen molar-refractivity contribution >= 4 is 5.78 Å². The molecule has 0 radical (unpaired) electrons. The number of rotatable bonds is 11. The molecular weight excluding hydrogens is 368 g/mol. The van der Waals surface area contributed by atoms with Crippen molar-refractivity contribution in [2.45, 2.75) is 65.9 Å². The summed E-state index contributed by atoms with van der Waals surface area (Å²) in [6.45, 7) is 8.13. The van der Waals surface area contributed by atoms with Crippen LogP contribution in [0.5, 0.6) is 0 Å². The quantitative estimate of drug-likeness (QED) is 0.495. The Morgan fingerprint density at radius 3 is 2.03 bits per heavy atom. The van der Waals surface area contributed by atoms with Gasteiger partial charge in [0.25, 0.3) is 0 Å². The minimum absolute atomic E-state index is 0.116. The second kappa shape index (κ2) is 12.7. The molecule has 29 heavy (non-hydrogen) atoms. The Morgan fingerprint density at radius 1 is 0.966 bits per heavy atom. The van der Waals surface area contributed by atoms with E-state index < -0.39 is 6.10 Å². The van der Waals surface area contributed by atoms with Crippen LogP contribution in [0.25, 0.3) is 0 Å². The van der Waals surface area contributed by atoms with Crippen LogP contribution in [0.15, 0.2) is 46.5 Å². The van der Waals surface area contributed by atoms with Gasteiger partial charge in [0.1, 0.15) is 6.10 Å². The van der Waals surface area contributed by atoms with Crippen molar-refractivity contribution in [3.05, 3.63) is 46.5 Å². The maximum Gasteiger partial charge on any atom is 0.204 e. The molecule has 164 valence electrons. The Balaban J connectivity index is 2.61. The third kappa shape index (κ3) is 7.48. The van der Waals surface area contributed by atoms with Crippen molar-refractivity contribution < 1.29 is 24.5 Å². The van der Waals surface area contributed by atoms with Crippen LogP contribution in [0.4, 0.5) is 0 Å². The molecule has 5 nitrogen and oxygen atoms in total. The summed E-state index contributed by atoms with van der Waals surface area (Å²) in [5.74, 6) is -0.287. The Morgan fingerprint density at radius 2 is 1.52 bits per heavy atom. The highest BCUT2D eigenvalue weighted by Crippen LogP contribution is 2.35. The zero-order valence-electron chi connectivity index (χ0n) is 18.8. The van der Waals surface area contributed by atoms with Crippen LogP contribution in [-0.2, 0) is 14.3 Å². The molecule has 0 aromatic heterocycles. The number of aliphatic hydroxyl groups excluding tert-OH is 2. The number of carbonyl (C=O) groups is 1. The average molecular weight is 407 g/mol. The number of carbonyl (C=O) groups excluding carboxylic acids is 1. The number of hydrogen-bond acceptors (Lipinski definition) is 5. The number of hydrogen-bond donors (Lipinski definition) is 2. The van der Waals surface area contributed by atoms with E-state index in [1.54, 1.807) is 0 Å². The number of Topliss-reactive ketones (excluding diaryl/α,β-unsaturated/α-hetero) is 1. The van der Waals surface area contributed by atoms with Crippen molar-refractivity contribution in [1.82, 2.24) is 0 Å². The number of methoxy groups -OCH3 is 2. The van der Waals surface area contributed by atoms with Gasteiger partial charge in [-0.05, 0) is 52.9 Å². The van der Waals surface area contributed by atoms with E-state index in [0.29, 0.717) is 6.42 Å². The van der Waals surface area contributed by atoms with Crippen LogP contribution in [0.3, 0.4) is 0 Å². The van der Waals surface area contributed by atoms with Crippen LogP contribution in [-0.4, -0.2) is 42.9 Å². The standard InChI is InChI=1S/C24H38O5/c1-16(10-8-12-18(3)15-25)9-7-11-17(2)13-14-20-19(4)21(26)23(28-5)24(29-6)22(20)27/h9,12-13,19-20,22,25,27H,7-8,10-11,14-15H2,1-6H3/t19-,20-,22-/m1/s1. The molecule has 1 aliphatic carbocycles. The van der Waals surface area contributed by atoms with Crippen LogP contribution >= 0.6 is 0 Å². The van der Waals surface area contributed by atoms with E-state index in [2.05, 4.69) is 32.1 Å². The monoisotopic (exact) mass is 406 g/mol. The summed E-state index contributed by atoms with van der Waals surface area (Å²) in [5, 5.41) is 19.7. The van der Waals surface area contributed by atoms with Gasteiger partial charge in [-0.25, -0.2) is 0 Å². The van der Waals surface area contributed by atoms with Gasteiger partial charge in [-0.2, -0.15) is 0 Å². The Labute approximate surface area is 175 Å². The van der Waals surface area contributed by atoms with Crippen LogP contribution in [0.2, 0.25) is 0 Å². The van der Waals surface area contributed by atoms with Crippen molar-refractivity contribution in [2.75, 3.05) is 20.8 Å². The van der Waals surface area contributed by atoms with Gasteiger partial charge in [-0.1, -0.05) is 41.9 Å². The molecule has 0 aliphatic heterocycles. The van der Waals surface area contributed by atoms with Crippen LogP contribution < -0.4 is 0 Å². The smallest absolute Gasteiger partial charge is 0.204 e. The first kappa shape index (κ1) is 25.2. The zero-order chi connectivity index (χ0) is 22.0. The first-order chi connectivity index (χ1) is 13.8.